The quantitative estimate of drug-likeness (QED) is 0.238. The molecule has 0 aromatic carbocycles. The Bertz CT molecular complexity index is 534. The van der Waals surface area contributed by atoms with Crippen molar-refractivity contribution in [1.82, 2.24) is 19.9 Å². The number of H-pyrrole nitrogens is 2. The van der Waals surface area contributed by atoms with E-state index in [1.54, 1.807) is 24.8 Å². The highest BCUT2D eigenvalue weighted by Crippen LogP contribution is 2.08. The molecule has 2 rings (SSSR count). The van der Waals surface area contributed by atoms with E-state index in [2.05, 4.69) is 41.8 Å². The highest BCUT2D eigenvalue weighted by molar-refractivity contribution is 5.95. The molecule has 0 aliphatic rings. The van der Waals surface area contributed by atoms with Gasteiger partial charge in [-0.1, -0.05) is 6.58 Å². The zero-order chi connectivity index (χ0) is 12.1. The smallest absolute Gasteiger partial charge is 0.235 e. The van der Waals surface area contributed by atoms with Gasteiger partial charge in [-0.15, -0.1) is 10.2 Å². The summed E-state index contributed by atoms with van der Waals surface area (Å²) in [6.45, 7) is 3.70. The van der Waals surface area contributed by atoms with Crippen LogP contribution in [0.3, 0.4) is 0 Å². The van der Waals surface area contributed by atoms with Gasteiger partial charge in [0.15, 0.2) is 11.6 Å². The third kappa shape index (κ3) is 2.43. The summed E-state index contributed by atoms with van der Waals surface area (Å²) >= 11 is 0. The number of azo groups is 1. The number of imidazole rings is 2. The van der Waals surface area contributed by atoms with E-state index in [0.29, 0.717) is 17.3 Å². The molecule has 0 saturated heterocycles. The summed E-state index contributed by atoms with van der Waals surface area (Å²) in [7, 11) is 0. The van der Waals surface area contributed by atoms with Crippen LogP contribution in [-0.4, -0.2) is 25.8 Å². The van der Waals surface area contributed by atoms with Gasteiger partial charge in [0.1, 0.15) is 5.70 Å². The van der Waals surface area contributed by atoms with Crippen LogP contribution in [0.25, 0.3) is 5.70 Å². The maximum Gasteiger partial charge on any atom is 0.235 e. The molecule has 4 N–H and O–H groups in total. The van der Waals surface area contributed by atoms with Gasteiger partial charge in [0.25, 0.3) is 0 Å². The van der Waals surface area contributed by atoms with Crippen LogP contribution in [0.2, 0.25) is 0 Å². The summed E-state index contributed by atoms with van der Waals surface area (Å²) in [5, 5.41) is 11.2. The molecule has 0 radical (unpaired) electrons. The molecule has 2 aromatic heterocycles. The Kier molecular flexibility index (Phi) is 3.05. The lowest BCUT2D eigenvalue weighted by Gasteiger charge is -1.94. The minimum atomic E-state index is 0.183. The van der Waals surface area contributed by atoms with Crippen LogP contribution >= 0.6 is 0 Å². The number of nitrogens with one attached hydrogen (secondary N) is 2. The molecule has 0 aliphatic heterocycles. The molecular weight excluding hydrogens is 220 g/mol. The molecule has 0 amide bonds. The molecule has 0 bridgehead atoms. The van der Waals surface area contributed by atoms with Gasteiger partial charge >= 0.3 is 0 Å². The fourth-order valence-corrected chi connectivity index (χ4v) is 1.10. The van der Waals surface area contributed by atoms with Crippen molar-refractivity contribution in [2.75, 3.05) is 0 Å². The highest BCUT2D eigenvalue weighted by Gasteiger charge is 2.05. The third-order valence-corrected chi connectivity index (χ3v) is 1.87. The predicted molar refractivity (Wildman–Crippen MR) is 61.8 cm³/mol. The molecule has 0 spiro atoms. The number of amidine groups is 1. The number of aromatic nitrogens is 4. The fraction of sp³-hybridized carbons (Fsp3) is 0. The van der Waals surface area contributed by atoms with E-state index < -0.39 is 0 Å². The normalized spacial score (nSPS) is 12.1. The van der Waals surface area contributed by atoms with Gasteiger partial charge < -0.3 is 15.8 Å². The van der Waals surface area contributed by atoms with Crippen LogP contribution in [0, 0.1) is 0 Å². The standard InChI is InChI=1S/C9H10N8/c1-6(7-11-2-3-12-7)16-17-9(15-10)8-13-4-5-14-8/h2-5H,1,10H2,(H,11,12)(H,13,14)/b15-9-,17-16?. The largest absolute Gasteiger partial charge is 0.343 e. The van der Waals surface area contributed by atoms with Crippen molar-refractivity contribution in [3.63, 3.8) is 0 Å². The van der Waals surface area contributed by atoms with E-state index in [4.69, 9.17) is 5.84 Å². The van der Waals surface area contributed by atoms with Crippen molar-refractivity contribution in [3.8, 4) is 0 Å². The molecule has 0 atom stereocenters. The number of rotatable bonds is 3. The molecule has 0 unspecified atom stereocenters. The Morgan fingerprint density at radius 3 is 2.29 bits per heavy atom. The van der Waals surface area contributed by atoms with Crippen LogP contribution in [0.15, 0.2) is 46.7 Å². The lowest BCUT2D eigenvalue weighted by atomic mass is 10.5. The summed E-state index contributed by atoms with van der Waals surface area (Å²) in [5.74, 6) is 6.34. The molecule has 2 aromatic rings. The number of hydrogen-bond donors (Lipinski definition) is 3. The monoisotopic (exact) mass is 230 g/mol. The van der Waals surface area contributed by atoms with Crippen molar-refractivity contribution in [2.45, 2.75) is 0 Å². The van der Waals surface area contributed by atoms with Crippen LogP contribution in [-0.2, 0) is 0 Å². The number of aromatic amines is 2. The average molecular weight is 230 g/mol. The Balaban J connectivity index is 2.13. The van der Waals surface area contributed by atoms with Crippen LogP contribution < -0.4 is 5.84 Å². The van der Waals surface area contributed by atoms with E-state index in [9.17, 15) is 0 Å². The Labute approximate surface area is 96.4 Å². The first-order valence-corrected chi connectivity index (χ1v) is 4.69. The second kappa shape index (κ2) is 4.84. The highest BCUT2D eigenvalue weighted by atomic mass is 15.3. The Morgan fingerprint density at radius 1 is 1.12 bits per heavy atom. The van der Waals surface area contributed by atoms with Gasteiger partial charge in [-0.2, -0.15) is 5.10 Å². The summed E-state index contributed by atoms with van der Waals surface area (Å²) < 4.78 is 0. The van der Waals surface area contributed by atoms with Crippen LogP contribution in [0.1, 0.15) is 11.6 Å². The topological polar surface area (TPSA) is 120 Å². The van der Waals surface area contributed by atoms with Crippen molar-refractivity contribution in [3.05, 3.63) is 43.0 Å². The van der Waals surface area contributed by atoms with Crippen molar-refractivity contribution < 1.29 is 0 Å². The van der Waals surface area contributed by atoms with E-state index in [0.717, 1.165) is 0 Å². The number of nitrogens with two attached hydrogens (primary N) is 1. The number of hydrogen-bond acceptors (Lipinski definition) is 5. The van der Waals surface area contributed by atoms with Gasteiger partial charge in [0, 0.05) is 24.8 Å². The summed E-state index contributed by atoms with van der Waals surface area (Å²) in [5.41, 5.74) is 0.378. The average Bonchev–Trinajstić information content (AvgIpc) is 3.02. The molecular formula is C9H10N8. The van der Waals surface area contributed by atoms with Crippen LogP contribution in [0.5, 0.6) is 0 Å². The van der Waals surface area contributed by atoms with Gasteiger partial charge in [-0.25, -0.2) is 9.97 Å². The van der Waals surface area contributed by atoms with Crippen molar-refractivity contribution in [1.29, 1.82) is 0 Å². The minimum absolute atomic E-state index is 0.183. The zero-order valence-corrected chi connectivity index (χ0v) is 8.83. The maximum absolute atomic E-state index is 5.19. The van der Waals surface area contributed by atoms with Crippen molar-refractivity contribution in [2.24, 2.45) is 21.2 Å². The first-order valence-electron chi connectivity index (χ1n) is 4.69. The molecule has 86 valence electrons. The third-order valence-electron chi connectivity index (χ3n) is 1.87. The molecule has 0 fully saturated rings. The van der Waals surface area contributed by atoms with E-state index in [-0.39, 0.29) is 5.84 Å². The first kappa shape index (κ1) is 10.7. The second-order valence-corrected chi connectivity index (χ2v) is 2.97. The molecule has 8 heteroatoms. The lowest BCUT2D eigenvalue weighted by Crippen LogP contribution is -2.02. The Hall–Kier alpha value is -2.77. The van der Waals surface area contributed by atoms with E-state index in [1.165, 1.54) is 0 Å². The fourth-order valence-electron chi connectivity index (χ4n) is 1.10. The SMILES string of the molecule is C=C(N=N/C(=N\N)c1ncc[nH]1)c1ncc[nH]1. The van der Waals surface area contributed by atoms with E-state index in [1.807, 2.05) is 0 Å². The summed E-state index contributed by atoms with van der Waals surface area (Å²) in [4.78, 5) is 13.6. The molecule has 17 heavy (non-hydrogen) atoms. The second-order valence-electron chi connectivity index (χ2n) is 2.97. The number of hydrazone groups is 1. The minimum Gasteiger partial charge on any atom is -0.343 e. The molecule has 8 nitrogen and oxygen atoms in total. The lowest BCUT2D eigenvalue weighted by molar-refractivity contribution is 1.12. The molecule has 0 saturated carbocycles. The first-order chi connectivity index (χ1) is 8.31. The van der Waals surface area contributed by atoms with Gasteiger partial charge in [0.2, 0.25) is 5.84 Å². The summed E-state index contributed by atoms with van der Waals surface area (Å²) in [6, 6.07) is 0. The maximum atomic E-state index is 5.19. The zero-order valence-electron chi connectivity index (χ0n) is 8.83. The van der Waals surface area contributed by atoms with Gasteiger partial charge in [0.05, 0.1) is 0 Å². The van der Waals surface area contributed by atoms with Gasteiger partial charge in [-0.05, 0) is 0 Å². The molecule has 2 heterocycles. The predicted octanol–water partition coefficient (Wildman–Crippen LogP) is 0.876. The molecule has 0 aliphatic carbocycles. The number of nitrogens with zero attached hydrogens (tertiary/aromatic N) is 5. The van der Waals surface area contributed by atoms with Crippen LogP contribution in [0.4, 0.5) is 0 Å². The van der Waals surface area contributed by atoms with Crippen molar-refractivity contribution >= 4 is 11.5 Å². The van der Waals surface area contributed by atoms with E-state index >= 15 is 0 Å². The summed E-state index contributed by atoms with van der Waals surface area (Å²) in [6.07, 6.45) is 6.47. The van der Waals surface area contributed by atoms with Gasteiger partial charge in [-0.3, -0.25) is 0 Å². The Morgan fingerprint density at radius 2 is 1.76 bits per heavy atom.